The van der Waals surface area contributed by atoms with Crippen molar-refractivity contribution < 1.29 is 23.7 Å². The molecule has 9 heteroatoms. The van der Waals surface area contributed by atoms with Gasteiger partial charge in [-0.25, -0.2) is 9.78 Å². The Kier molecular flexibility index (Phi) is 9.23. The number of aromatic nitrogens is 2. The molecule has 0 N–H and O–H groups in total. The molecule has 40 heavy (non-hydrogen) atoms. The maximum absolute atomic E-state index is 12.0. The largest absolute Gasteiger partial charge is 0.486 e. The first-order valence-corrected chi connectivity index (χ1v) is 14.2. The van der Waals surface area contributed by atoms with Crippen LogP contribution in [0.5, 0.6) is 11.5 Å². The second kappa shape index (κ2) is 13.2. The van der Waals surface area contributed by atoms with E-state index in [0.29, 0.717) is 25.3 Å². The number of imidazole rings is 1. The summed E-state index contributed by atoms with van der Waals surface area (Å²) in [6.45, 7) is 11.8. The van der Waals surface area contributed by atoms with E-state index in [0.717, 1.165) is 93.0 Å². The number of esters is 1. The Balaban J connectivity index is 1.44. The molecular weight excluding hydrogens is 508 g/mol. The molecule has 0 aliphatic carbocycles. The molecule has 0 spiro atoms. The smallest absolute Gasteiger partial charge is 0.337 e. The summed E-state index contributed by atoms with van der Waals surface area (Å²) in [5.41, 5.74) is 5.12. The van der Waals surface area contributed by atoms with Crippen molar-refractivity contribution in [2.75, 3.05) is 51.5 Å². The van der Waals surface area contributed by atoms with E-state index in [9.17, 15) is 4.79 Å². The molecule has 3 heterocycles. The van der Waals surface area contributed by atoms with Crippen LogP contribution in [0.1, 0.15) is 52.6 Å². The number of rotatable bonds is 11. The molecule has 0 amide bonds. The SMILES string of the molecule is CCCCn1c(N2CCOCC2)nc(C)c1CN(Cc1ccc(C(=O)OC)cc1)Cc1ccc2c(c1)OCCO2. The van der Waals surface area contributed by atoms with Crippen molar-refractivity contribution in [3.8, 4) is 11.5 Å². The van der Waals surface area contributed by atoms with Crippen LogP contribution in [-0.2, 0) is 35.7 Å². The van der Waals surface area contributed by atoms with E-state index >= 15 is 0 Å². The third-order valence-corrected chi connectivity index (χ3v) is 7.45. The second-order valence-corrected chi connectivity index (χ2v) is 10.4. The summed E-state index contributed by atoms with van der Waals surface area (Å²) in [6, 6.07) is 13.9. The Morgan fingerprint density at radius 3 is 2.38 bits per heavy atom. The van der Waals surface area contributed by atoms with Crippen LogP contribution in [0.25, 0.3) is 0 Å². The summed E-state index contributed by atoms with van der Waals surface area (Å²) in [4.78, 5) is 21.8. The van der Waals surface area contributed by atoms with Gasteiger partial charge in [0.15, 0.2) is 11.5 Å². The van der Waals surface area contributed by atoms with Crippen molar-refractivity contribution in [3.63, 3.8) is 0 Å². The topological polar surface area (TPSA) is 78.3 Å². The fourth-order valence-corrected chi connectivity index (χ4v) is 5.29. The van der Waals surface area contributed by atoms with Gasteiger partial charge in [0.1, 0.15) is 13.2 Å². The van der Waals surface area contributed by atoms with Gasteiger partial charge in [0.2, 0.25) is 5.95 Å². The van der Waals surface area contributed by atoms with Crippen LogP contribution in [0, 0.1) is 6.92 Å². The Morgan fingerprint density at radius 2 is 1.65 bits per heavy atom. The zero-order valence-electron chi connectivity index (χ0n) is 23.9. The average molecular weight is 549 g/mol. The number of anilines is 1. The lowest BCUT2D eigenvalue weighted by Gasteiger charge is -2.29. The number of ether oxygens (including phenoxy) is 4. The number of hydrogen-bond donors (Lipinski definition) is 0. The average Bonchev–Trinajstić information content (AvgIpc) is 3.30. The Bertz CT molecular complexity index is 1280. The third-order valence-electron chi connectivity index (χ3n) is 7.45. The van der Waals surface area contributed by atoms with Gasteiger partial charge in [-0.1, -0.05) is 31.5 Å². The van der Waals surface area contributed by atoms with Crippen molar-refractivity contribution >= 4 is 11.9 Å². The highest BCUT2D eigenvalue weighted by Gasteiger charge is 2.23. The Morgan fingerprint density at radius 1 is 0.950 bits per heavy atom. The van der Waals surface area contributed by atoms with Crippen LogP contribution in [0.15, 0.2) is 42.5 Å². The Labute approximate surface area is 236 Å². The summed E-state index contributed by atoms with van der Waals surface area (Å²) in [5, 5.41) is 0. The summed E-state index contributed by atoms with van der Waals surface area (Å²) < 4.78 is 24.5. The van der Waals surface area contributed by atoms with Crippen LogP contribution in [-0.4, -0.2) is 67.0 Å². The minimum Gasteiger partial charge on any atom is -0.486 e. The number of fused-ring (bicyclic) bond motifs is 1. The number of morpholine rings is 1. The van der Waals surface area contributed by atoms with Gasteiger partial charge in [-0.15, -0.1) is 0 Å². The third kappa shape index (κ3) is 6.59. The lowest BCUT2D eigenvalue weighted by molar-refractivity contribution is 0.0600. The van der Waals surface area contributed by atoms with E-state index in [4.69, 9.17) is 23.9 Å². The van der Waals surface area contributed by atoms with Gasteiger partial charge in [0, 0.05) is 39.3 Å². The van der Waals surface area contributed by atoms with Crippen molar-refractivity contribution in [2.45, 2.75) is 52.9 Å². The van der Waals surface area contributed by atoms with Crippen LogP contribution >= 0.6 is 0 Å². The lowest BCUT2D eigenvalue weighted by Crippen LogP contribution is -2.38. The molecule has 0 saturated carbocycles. The van der Waals surface area contributed by atoms with Crippen LogP contribution in [0.4, 0.5) is 5.95 Å². The number of nitrogens with zero attached hydrogens (tertiary/aromatic N) is 4. The highest BCUT2D eigenvalue weighted by molar-refractivity contribution is 5.89. The predicted octanol–water partition coefficient (Wildman–Crippen LogP) is 4.59. The Hall–Kier alpha value is -3.56. The number of methoxy groups -OCH3 is 1. The maximum atomic E-state index is 12.0. The molecule has 0 atom stereocenters. The van der Waals surface area contributed by atoms with E-state index in [1.165, 1.54) is 12.8 Å². The van der Waals surface area contributed by atoms with Gasteiger partial charge in [-0.2, -0.15) is 0 Å². The molecule has 1 aromatic heterocycles. The first-order valence-electron chi connectivity index (χ1n) is 14.2. The molecule has 2 aliphatic rings. The molecule has 1 saturated heterocycles. The van der Waals surface area contributed by atoms with Crippen molar-refractivity contribution in [3.05, 3.63) is 70.5 Å². The maximum Gasteiger partial charge on any atom is 0.337 e. The number of carbonyl (C=O) groups is 1. The van der Waals surface area contributed by atoms with Gasteiger partial charge in [-0.05, 0) is 48.7 Å². The molecule has 9 nitrogen and oxygen atoms in total. The molecule has 2 aromatic carbocycles. The fraction of sp³-hybridized carbons (Fsp3) is 0.484. The summed E-state index contributed by atoms with van der Waals surface area (Å²) >= 11 is 0. The van der Waals surface area contributed by atoms with Crippen LogP contribution in [0.2, 0.25) is 0 Å². The number of carbonyl (C=O) groups excluding carboxylic acids is 1. The fourth-order valence-electron chi connectivity index (χ4n) is 5.29. The number of aryl methyl sites for hydroxylation is 1. The predicted molar refractivity (Wildman–Crippen MR) is 153 cm³/mol. The number of unbranched alkanes of at least 4 members (excludes halogenated alkanes) is 1. The molecular formula is C31H40N4O5. The van der Waals surface area contributed by atoms with E-state index in [1.807, 2.05) is 30.3 Å². The summed E-state index contributed by atoms with van der Waals surface area (Å²) in [7, 11) is 1.40. The van der Waals surface area contributed by atoms with Crippen molar-refractivity contribution in [1.29, 1.82) is 0 Å². The number of benzene rings is 2. The van der Waals surface area contributed by atoms with Crippen LogP contribution in [0.3, 0.4) is 0 Å². The zero-order chi connectivity index (χ0) is 27.9. The zero-order valence-corrected chi connectivity index (χ0v) is 23.9. The first kappa shape index (κ1) is 28.0. The standard InChI is InChI=1S/C31H40N4O5/c1-4-5-12-35-27(23(2)32-31(35)34-13-15-38-16-14-34)22-33(20-24-6-9-26(10-7-24)30(36)37-3)21-25-8-11-28-29(19-25)40-18-17-39-28/h6-11,19H,4-5,12-18,20-22H2,1-3H3. The normalized spacial score (nSPS) is 14.9. The molecule has 5 rings (SSSR count). The molecule has 2 aliphatic heterocycles. The van der Waals surface area contributed by atoms with Crippen LogP contribution < -0.4 is 14.4 Å². The monoisotopic (exact) mass is 548 g/mol. The molecule has 0 unspecified atom stereocenters. The van der Waals surface area contributed by atoms with Gasteiger partial charge < -0.3 is 28.4 Å². The van der Waals surface area contributed by atoms with E-state index in [2.05, 4.69) is 40.3 Å². The molecule has 3 aromatic rings. The quantitative estimate of drug-likeness (QED) is 0.322. The molecule has 1 fully saturated rings. The van der Waals surface area contributed by atoms with E-state index in [-0.39, 0.29) is 5.97 Å². The van der Waals surface area contributed by atoms with Gasteiger partial charge in [0.25, 0.3) is 0 Å². The number of hydrogen-bond acceptors (Lipinski definition) is 8. The minimum atomic E-state index is -0.328. The van der Waals surface area contributed by atoms with Gasteiger partial charge in [0.05, 0.1) is 37.3 Å². The summed E-state index contributed by atoms with van der Waals surface area (Å²) in [5.74, 6) is 2.31. The second-order valence-electron chi connectivity index (χ2n) is 10.4. The van der Waals surface area contributed by atoms with E-state index in [1.54, 1.807) is 0 Å². The first-order chi connectivity index (χ1) is 19.6. The molecule has 0 bridgehead atoms. The van der Waals surface area contributed by atoms with Crippen molar-refractivity contribution in [2.24, 2.45) is 0 Å². The lowest BCUT2D eigenvalue weighted by atomic mass is 10.1. The summed E-state index contributed by atoms with van der Waals surface area (Å²) in [6.07, 6.45) is 2.21. The molecule has 214 valence electrons. The van der Waals surface area contributed by atoms with E-state index < -0.39 is 0 Å². The van der Waals surface area contributed by atoms with Crippen molar-refractivity contribution in [1.82, 2.24) is 14.5 Å². The highest BCUT2D eigenvalue weighted by Crippen LogP contribution is 2.32. The highest BCUT2D eigenvalue weighted by atomic mass is 16.6. The van der Waals surface area contributed by atoms with Gasteiger partial charge >= 0.3 is 5.97 Å². The molecule has 0 radical (unpaired) electrons. The minimum absolute atomic E-state index is 0.328. The van der Waals surface area contributed by atoms with Gasteiger partial charge in [-0.3, -0.25) is 4.90 Å².